The van der Waals surface area contributed by atoms with Gasteiger partial charge in [0, 0.05) is 26.3 Å². The minimum absolute atomic E-state index is 0.224. The van der Waals surface area contributed by atoms with Crippen LogP contribution in [0.3, 0.4) is 0 Å². The number of sulfonamides is 1. The van der Waals surface area contributed by atoms with Crippen molar-refractivity contribution in [2.45, 2.75) is 24.7 Å². The molecule has 6 nitrogen and oxygen atoms in total. The molecule has 0 aliphatic carbocycles. The van der Waals surface area contributed by atoms with Crippen molar-refractivity contribution in [1.29, 1.82) is 0 Å². The third-order valence-electron chi connectivity index (χ3n) is 3.59. The zero-order valence-corrected chi connectivity index (χ0v) is 12.4. The van der Waals surface area contributed by atoms with E-state index in [0.717, 1.165) is 25.6 Å². The molecule has 1 saturated heterocycles. The van der Waals surface area contributed by atoms with Gasteiger partial charge in [0.2, 0.25) is 10.0 Å². The van der Waals surface area contributed by atoms with Crippen molar-refractivity contribution >= 4 is 10.0 Å². The van der Waals surface area contributed by atoms with Crippen molar-refractivity contribution in [3.63, 3.8) is 0 Å². The largest absolute Gasteiger partial charge is 0.302 e. The summed E-state index contributed by atoms with van der Waals surface area (Å²) in [6.07, 6.45) is 5.28. The Hall–Kier alpha value is -0.920. The number of likely N-dealkylation sites (tertiary alicyclic amines) is 1. The standard InChI is InChI=1S/C12H22N4O2S/c1-11-3-6-16(7-4-11)8-5-14-19(17,18)12-9-13-15(2)10-12/h9-11,14H,3-8H2,1-2H3. The van der Waals surface area contributed by atoms with E-state index >= 15 is 0 Å². The molecule has 1 N–H and O–H groups in total. The Kier molecular flexibility index (Phi) is 4.59. The average molecular weight is 286 g/mol. The molecule has 1 aliphatic rings. The van der Waals surface area contributed by atoms with Gasteiger partial charge in [-0.1, -0.05) is 6.92 Å². The lowest BCUT2D eigenvalue weighted by atomic mass is 9.99. The van der Waals surface area contributed by atoms with E-state index in [1.807, 2.05) is 0 Å². The minimum atomic E-state index is -3.41. The third kappa shape index (κ3) is 4.02. The highest BCUT2D eigenvalue weighted by atomic mass is 32.2. The van der Waals surface area contributed by atoms with E-state index in [2.05, 4.69) is 21.6 Å². The second-order valence-electron chi connectivity index (χ2n) is 5.27. The third-order valence-corrected chi connectivity index (χ3v) is 5.00. The fourth-order valence-corrected chi connectivity index (χ4v) is 3.25. The van der Waals surface area contributed by atoms with E-state index in [-0.39, 0.29) is 4.90 Å². The van der Waals surface area contributed by atoms with Gasteiger partial charge in [-0.2, -0.15) is 5.10 Å². The molecule has 0 atom stereocenters. The van der Waals surface area contributed by atoms with Crippen molar-refractivity contribution in [3.8, 4) is 0 Å². The van der Waals surface area contributed by atoms with E-state index in [4.69, 9.17) is 0 Å². The number of rotatable bonds is 5. The zero-order valence-electron chi connectivity index (χ0n) is 11.5. The summed E-state index contributed by atoms with van der Waals surface area (Å²) in [7, 11) is -1.71. The summed E-state index contributed by atoms with van der Waals surface area (Å²) in [5.41, 5.74) is 0. The molecule has 2 heterocycles. The van der Waals surface area contributed by atoms with Gasteiger partial charge in [0.25, 0.3) is 0 Å². The molecule has 2 rings (SSSR count). The second kappa shape index (κ2) is 6.02. The van der Waals surface area contributed by atoms with Gasteiger partial charge < -0.3 is 4.90 Å². The van der Waals surface area contributed by atoms with Gasteiger partial charge in [-0.3, -0.25) is 4.68 Å². The first kappa shape index (κ1) is 14.5. The summed E-state index contributed by atoms with van der Waals surface area (Å²) in [4.78, 5) is 2.54. The van der Waals surface area contributed by atoms with Crippen LogP contribution in [0.15, 0.2) is 17.3 Å². The van der Waals surface area contributed by atoms with E-state index in [0.29, 0.717) is 6.54 Å². The van der Waals surface area contributed by atoms with Crippen LogP contribution >= 0.6 is 0 Å². The molecule has 1 fully saturated rings. The Morgan fingerprint density at radius 3 is 2.68 bits per heavy atom. The first-order valence-electron chi connectivity index (χ1n) is 6.68. The monoisotopic (exact) mass is 286 g/mol. The van der Waals surface area contributed by atoms with Crippen LogP contribution in [0, 0.1) is 5.92 Å². The van der Waals surface area contributed by atoms with Crippen LogP contribution < -0.4 is 4.72 Å². The highest BCUT2D eigenvalue weighted by Crippen LogP contribution is 2.15. The topological polar surface area (TPSA) is 67.2 Å². The second-order valence-corrected chi connectivity index (χ2v) is 7.04. The number of piperidine rings is 1. The molecule has 19 heavy (non-hydrogen) atoms. The summed E-state index contributed by atoms with van der Waals surface area (Å²) in [6.45, 7) is 5.62. The van der Waals surface area contributed by atoms with Gasteiger partial charge >= 0.3 is 0 Å². The van der Waals surface area contributed by atoms with Crippen LogP contribution in [0.2, 0.25) is 0 Å². The van der Waals surface area contributed by atoms with Crippen molar-refractivity contribution in [2.75, 3.05) is 26.2 Å². The highest BCUT2D eigenvalue weighted by molar-refractivity contribution is 7.89. The van der Waals surface area contributed by atoms with Crippen molar-refractivity contribution in [3.05, 3.63) is 12.4 Å². The lowest BCUT2D eigenvalue weighted by Crippen LogP contribution is -2.39. The summed E-state index contributed by atoms with van der Waals surface area (Å²) < 4.78 is 28.0. The molecule has 0 amide bonds. The predicted octanol–water partition coefficient (Wildman–Crippen LogP) is 0.430. The highest BCUT2D eigenvalue weighted by Gasteiger charge is 2.18. The number of nitrogens with zero attached hydrogens (tertiary/aromatic N) is 3. The lowest BCUT2D eigenvalue weighted by molar-refractivity contribution is 0.195. The molecule has 0 aromatic carbocycles. The SMILES string of the molecule is CC1CCN(CCNS(=O)(=O)c2cnn(C)c2)CC1. The first-order valence-corrected chi connectivity index (χ1v) is 8.16. The van der Waals surface area contributed by atoms with Crippen LogP contribution in [-0.4, -0.2) is 49.3 Å². The molecule has 7 heteroatoms. The van der Waals surface area contributed by atoms with E-state index in [1.54, 1.807) is 7.05 Å². The molecular weight excluding hydrogens is 264 g/mol. The zero-order chi connectivity index (χ0) is 13.9. The summed E-state index contributed by atoms with van der Waals surface area (Å²) in [6, 6.07) is 0. The van der Waals surface area contributed by atoms with Crippen LogP contribution in [0.4, 0.5) is 0 Å². The summed E-state index contributed by atoms with van der Waals surface area (Å²) in [5, 5.41) is 3.88. The average Bonchev–Trinajstić information content (AvgIpc) is 2.79. The Balaban J connectivity index is 1.79. The maximum Gasteiger partial charge on any atom is 0.243 e. The van der Waals surface area contributed by atoms with E-state index in [9.17, 15) is 8.42 Å². The number of hydrogen-bond acceptors (Lipinski definition) is 4. The van der Waals surface area contributed by atoms with Gasteiger partial charge in [-0.05, 0) is 31.8 Å². The van der Waals surface area contributed by atoms with Crippen LogP contribution in [0.1, 0.15) is 19.8 Å². The fraction of sp³-hybridized carbons (Fsp3) is 0.750. The molecule has 0 unspecified atom stereocenters. The Morgan fingerprint density at radius 2 is 2.11 bits per heavy atom. The number of aryl methyl sites for hydroxylation is 1. The number of aromatic nitrogens is 2. The molecule has 0 radical (unpaired) electrons. The first-order chi connectivity index (χ1) is 8.97. The van der Waals surface area contributed by atoms with Crippen LogP contribution in [-0.2, 0) is 17.1 Å². The molecule has 0 spiro atoms. The molecule has 0 bridgehead atoms. The fourth-order valence-electron chi connectivity index (χ4n) is 2.24. The predicted molar refractivity (Wildman–Crippen MR) is 73.2 cm³/mol. The molecular formula is C12H22N4O2S. The van der Waals surface area contributed by atoms with E-state index < -0.39 is 10.0 Å². The van der Waals surface area contributed by atoms with Crippen molar-refractivity contribution < 1.29 is 8.42 Å². The molecule has 1 aliphatic heterocycles. The minimum Gasteiger partial charge on any atom is -0.302 e. The lowest BCUT2D eigenvalue weighted by Gasteiger charge is -2.30. The van der Waals surface area contributed by atoms with E-state index in [1.165, 1.54) is 29.9 Å². The summed E-state index contributed by atoms with van der Waals surface area (Å²) in [5.74, 6) is 0.795. The molecule has 0 saturated carbocycles. The number of nitrogens with one attached hydrogen (secondary N) is 1. The van der Waals surface area contributed by atoms with Gasteiger partial charge in [0.1, 0.15) is 4.90 Å². The van der Waals surface area contributed by atoms with Crippen LogP contribution in [0.5, 0.6) is 0 Å². The molecule has 108 valence electrons. The van der Waals surface area contributed by atoms with Crippen LogP contribution in [0.25, 0.3) is 0 Å². The van der Waals surface area contributed by atoms with Crippen molar-refractivity contribution in [1.82, 2.24) is 19.4 Å². The smallest absolute Gasteiger partial charge is 0.243 e. The Morgan fingerprint density at radius 1 is 1.42 bits per heavy atom. The van der Waals surface area contributed by atoms with Gasteiger partial charge in [-0.15, -0.1) is 0 Å². The Labute approximate surface area is 114 Å². The Bertz CT molecular complexity index is 504. The van der Waals surface area contributed by atoms with Gasteiger partial charge in [0.05, 0.1) is 6.20 Å². The maximum absolute atomic E-state index is 12.0. The van der Waals surface area contributed by atoms with Gasteiger partial charge in [0.15, 0.2) is 0 Å². The van der Waals surface area contributed by atoms with Crippen molar-refractivity contribution in [2.24, 2.45) is 13.0 Å². The summed E-state index contributed by atoms with van der Waals surface area (Å²) >= 11 is 0. The quantitative estimate of drug-likeness (QED) is 0.852. The molecule has 1 aromatic heterocycles. The van der Waals surface area contributed by atoms with Gasteiger partial charge in [-0.25, -0.2) is 13.1 Å². The number of hydrogen-bond donors (Lipinski definition) is 1. The molecule has 1 aromatic rings. The normalized spacial score (nSPS) is 18.8. The maximum atomic E-state index is 12.0.